The molecule has 2 aromatic rings. The molecule has 3 rings (SSSR count). The maximum Gasteiger partial charge on any atom is 0.126 e. The number of halogens is 1. The summed E-state index contributed by atoms with van der Waals surface area (Å²) >= 11 is 0. The van der Waals surface area contributed by atoms with Crippen LogP contribution in [0, 0.1) is 12.7 Å². The second-order valence-corrected chi connectivity index (χ2v) is 5.61. The lowest BCUT2D eigenvalue weighted by Crippen LogP contribution is -2.18. The molecule has 1 unspecified atom stereocenters. The van der Waals surface area contributed by atoms with Crippen LogP contribution in [-0.2, 0) is 12.8 Å². The summed E-state index contributed by atoms with van der Waals surface area (Å²) < 4.78 is 13.4. The molecule has 0 radical (unpaired) electrons. The van der Waals surface area contributed by atoms with Gasteiger partial charge in [-0.25, -0.2) is 4.39 Å². The summed E-state index contributed by atoms with van der Waals surface area (Å²) in [6, 6.07) is 12.2. The Morgan fingerprint density at radius 1 is 1.00 bits per heavy atom. The van der Waals surface area contributed by atoms with Crippen LogP contribution in [-0.4, -0.2) is 7.05 Å². The van der Waals surface area contributed by atoms with Crippen LogP contribution in [0.3, 0.4) is 0 Å². The van der Waals surface area contributed by atoms with E-state index in [1.54, 1.807) is 6.07 Å². The molecule has 0 fully saturated rings. The highest BCUT2D eigenvalue weighted by atomic mass is 19.1. The molecule has 0 aliphatic heterocycles. The smallest absolute Gasteiger partial charge is 0.126 e. The summed E-state index contributed by atoms with van der Waals surface area (Å²) in [6.07, 6.45) is 3.65. The molecule has 0 amide bonds. The number of nitrogens with one attached hydrogen (secondary N) is 1. The van der Waals surface area contributed by atoms with Gasteiger partial charge >= 0.3 is 0 Å². The molecule has 2 aromatic carbocycles. The summed E-state index contributed by atoms with van der Waals surface area (Å²) in [4.78, 5) is 0. The fourth-order valence-electron chi connectivity index (χ4n) is 3.14. The van der Waals surface area contributed by atoms with Crippen molar-refractivity contribution in [3.63, 3.8) is 0 Å². The van der Waals surface area contributed by atoms with Gasteiger partial charge in [-0.1, -0.05) is 30.3 Å². The van der Waals surface area contributed by atoms with Gasteiger partial charge in [0, 0.05) is 0 Å². The maximum atomic E-state index is 13.4. The van der Waals surface area contributed by atoms with Crippen molar-refractivity contribution in [3.05, 3.63) is 70.0 Å². The van der Waals surface area contributed by atoms with Crippen LogP contribution in [0.1, 0.15) is 40.3 Å². The van der Waals surface area contributed by atoms with Crippen molar-refractivity contribution >= 4 is 0 Å². The summed E-state index contributed by atoms with van der Waals surface area (Å²) in [7, 11) is 1.95. The second kappa shape index (κ2) is 5.37. The molecular weight excluding hydrogens is 249 g/mol. The lowest BCUT2D eigenvalue weighted by atomic mass is 9.95. The monoisotopic (exact) mass is 269 g/mol. The Labute approximate surface area is 119 Å². The fourth-order valence-corrected chi connectivity index (χ4v) is 3.14. The van der Waals surface area contributed by atoms with E-state index >= 15 is 0 Å². The van der Waals surface area contributed by atoms with Crippen molar-refractivity contribution in [1.82, 2.24) is 5.32 Å². The Hall–Kier alpha value is -1.67. The first kappa shape index (κ1) is 13.3. The summed E-state index contributed by atoms with van der Waals surface area (Å²) in [6.45, 7) is 1.81. The highest BCUT2D eigenvalue weighted by Gasteiger charge is 2.17. The first-order chi connectivity index (χ1) is 9.69. The number of aryl methyl sites for hydroxylation is 3. The Kier molecular flexibility index (Phi) is 3.58. The van der Waals surface area contributed by atoms with Gasteiger partial charge in [-0.3, -0.25) is 0 Å². The van der Waals surface area contributed by atoms with Crippen LogP contribution in [0.2, 0.25) is 0 Å². The van der Waals surface area contributed by atoms with Crippen molar-refractivity contribution in [2.75, 3.05) is 7.05 Å². The van der Waals surface area contributed by atoms with Crippen LogP contribution in [0.15, 0.2) is 36.4 Å². The minimum absolute atomic E-state index is 0.125. The molecule has 1 aliphatic rings. The molecule has 20 heavy (non-hydrogen) atoms. The molecule has 0 spiro atoms. The molecule has 1 N–H and O–H groups in total. The lowest BCUT2D eigenvalue weighted by Gasteiger charge is -2.19. The summed E-state index contributed by atoms with van der Waals surface area (Å²) in [5.74, 6) is -0.141. The van der Waals surface area contributed by atoms with Crippen molar-refractivity contribution in [1.29, 1.82) is 0 Å². The molecule has 0 heterocycles. The molecule has 2 heteroatoms. The third kappa shape index (κ3) is 2.36. The molecule has 0 saturated carbocycles. The van der Waals surface area contributed by atoms with E-state index in [1.165, 1.54) is 36.0 Å². The molecule has 0 saturated heterocycles. The van der Waals surface area contributed by atoms with Crippen LogP contribution >= 0.6 is 0 Å². The highest BCUT2D eigenvalue weighted by Crippen LogP contribution is 2.29. The molecule has 104 valence electrons. The van der Waals surface area contributed by atoms with Gasteiger partial charge in [0.2, 0.25) is 0 Å². The van der Waals surface area contributed by atoms with Crippen LogP contribution in [0.5, 0.6) is 0 Å². The SMILES string of the molecule is CNC(c1ccc(F)c(C)c1)c1ccc2c(c1)CCC2. The number of hydrogen-bond donors (Lipinski definition) is 1. The molecule has 0 bridgehead atoms. The van der Waals surface area contributed by atoms with Gasteiger partial charge in [0.15, 0.2) is 0 Å². The first-order valence-corrected chi connectivity index (χ1v) is 7.24. The van der Waals surface area contributed by atoms with Crippen LogP contribution in [0.25, 0.3) is 0 Å². The zero-order chi connectivity index (χ0) is 14.1. The molecule has 1 atom stereocenters. The largest absolute Gasteiger partial charge is 0.309 e. The number of benzene rings is 2. The van der Waals surface area contributed by atoms with Crippen molar-refractivity contribution in [2.24, 2.45) is 0 Å². The summed E-state index contributed by atoms with van der Waals surface area (Å²) in [5.41, 5.74) is 6.04. The van der Waals surface area contributed by atoms with E-state index in [2.05, 4.69) is 23.5 Å². The Morgan fingerprint density at radius 2 is 1.70 bits per heavy atom. The zero-order valence-electron chi connectivity index (χ0n) is 12.0. The van der Waals surface area contributed by atoms with E-state index in [1.807, 2.05) is 26.1 Å². The fraction of sp³-hybridized carbons (Fsp3) is 0.333. The maximum absolute atomic E-state index is 13.4. The van der Waals surface area contributed by atoms with Crippen LogP contribution in [0.4, 0.5) is 4.39 Å². The molecule has 1 nitrogen and oxygen atoms in total. The normalized spacial score (nSPS) is 15.2. The Balaban J connectivity index is 1.98. The van der Waals surface area contributed by atoms with Gasteiger partial charge in [-0.2, -0.15) is 0 Å². The quantitative estimate of drug-likeness (QED) is 0.890. The van der Waals surface area contributed by atoms with Crippen molar-refractivity contribution < 1.29 is 4.39 Å². The van der Waals surface area contributed by atoms with E-state index in [0.717, 1.165) is 5.56 Å². The van der Waals surface area contributed by atoms with E-state index < -0.39 is 0 Å². The van der Waals surface area contributed by atoms with E-state index in [0.29, 0.717) is 5.56 Å². The zero-order valence-corrected chi connectivity index (χ0v) is 12.0. The third-order valence-electron chi connectivity index (χ3n) is 4.26. The lowest BCUT2D eigenvalue weighted by molar-refractivity contribution is 0.614. The minimum atomic E-state index is -0.141. The first-order valence-electron chi connectivity index (χ1n) is 7.24. The van der Waals surface area contributed by atoms with Gasteiger partial charge in [-0.05, 0) is 67.1 Å². The van der Waals surface area contributed by atoms with Gasteiger partial charge in [0.25, 0.3) is 0 Å². The number of fused-ring (bicyclic) bond motifs is 1. The van der Waals surface area contributed by atoms with Gasteiger partial charge in [0.05, 0.1) is 6.04 Å². The van der Waals surface area contributed by atoms with Gasteiger partial charge < -0.3 is 5.32 Å². The van der Waals surface area contributed by atoms with Gasteiger partial charge in [-0.15, -0.1) is 0 Å². The van der Waals surface area contributed by atoms with E-state index in [4.69, 9.17) is 0 Å². The Morgan fingerprint density at radius 3 is 2.45 bits per heavy atom. The average molecular weight is 269 g/mol. The third-order valence-corrected chi connectivity index (χ3v) is 4.26. The standard InChI is InChI=1S/C18H20FN/c1-12-10-15(8-9-17(12)19)18(20-2)16-7-6-13-4-3-5-14(13)11-16/h6-11,18,20H,3-5H2,1-2H3. The van der Waals surface area contributed by atoms with E-state index in [9.17, 15) is 4.39 Å². The molecule has 1 aliphatic carbocycles. The number of hydrogen-bond acceptors (Lipinski definition) is 1. The predicted octanol–water partition coefficient (Wildman–Crippen LogP) is 3.93. The second-order valence-electron chi connectivity index (χ2n) is 5.61. The van der Waals surface area contributed by atoms with E-state index in [-0.39, 0.29) is 11.9 Å². The van der Waals surface area contributed by atoms with Gasteiger partial charge in [0.1, 0.15) is 5.82 Å². The highest BCUT2D eigenvalue weighted by molar-refractivity contribution is 5.41. The predicted molar refractivity (Wildman–Crippen MR) is 80.5 cm³/mol. The number of rotatable bonds is 3. The van der Waals surface area contributed by atoms with Crippen LogP contribution < -0.4 is 5.32 Å². The average Bonchev–Trinajstić information content (AvgIpc) is 2.91. The molecular formula is C18H20FN. The minimum Gasteiger partial charge on any atom is -0.309 e. The summed E-state index contributed by atoms with van der Waals surface area (Å²) in [5, 5.41) is 3.35. The Bertz CT molecular complexity index is 633. The molecule has 0 aromatic heterocycles. The van der Waals surface area contributed by atoms with Crippen molar-refractivity contribution in [2.45, 2.75) is 32.2 Å². The van der Waals surface area contributed by atoms with Crippen molar-refractivity contribution in [3.8, 4) is 0 Å². The topological polar surface area (TPSA) is 12.0 Å².